The smallest absolute Gasteiger partial charge is 0.407 e. The van der Waals surface area contributed by atoms with Crippen molar-refractivity contribution in [1.29, 1.82) is 0 Å². The first-order valence-electron chi connectivity index (χ1n) is 10.1. The molecule has 0 heterocycles. The van der Waals surface area contributed by atoms with E-state index in [9.17, 15) is 14.7 Å². The summed E-state index contributed by atoms with van der Waals surface area (Å²) in [7, 11) is 1.78. The van der Waals surface area contributed by atoms with Crippen LogP contribution in [0.5, 0.6) is 0 Å². The average molecular weight is 453 g/mol. The van der Waals surface area contributed by atoms with E-state index in [4.69, 9.17) is 4.74 Å². The Hall–Kier alpha value is -3.51. The molecule has 4 rings (SSSR count). The van der Waals surface area contributed by atoms with Gasteiger partial charge in [-0.1, -0.05) is 66.7 Å². The lowest BCUT2D eigenvalue weighted by molar-refractivity contribution is -0.139. The number of carbonyl (C=O) groups excluding carboxylic acids is 1. The fourth-order valence-corrected chi connectivity index (χ4v) is 4.03. The number of nitrogens with one attached hydrogen (secondary N) is 1. The second kappa shape index (κ2) is 10.2. The molecule has 0 saturated heterocycles. The van der Waals surface area contributed by atoms with Gasteiger partial charge < -0.3 is 20.1 Å². The van der Waals surface area contributed by atoms with E-state index in [2.05, 4.69) is 17.4 Å². The molecule has 1 unspecified atom stereocenters. The van der Waals surface area contributed by atoms with E-state index in [1.165, 1.54) is 0 Å². The number of hydrogen-bond acceptors (Lipinski definition) is 4. The van der Waals surface area contributed by atoms with E-state index >= 15 is 0 Å². The molecule has 3 aromatic rings. The number of alkyl carbamates (subject to hydrolysis) is 1. The fourth-order valence-electron chi connectivity index (χ4n) is 4.03. The number of nitrogens with zero attached hydrogens (tertiary/aromatic N) is 1. The molecule has 2 N–H and O–H groups in total. The third kappa shape index (κ3) is 4.86. The Morgan fingerprint density at radius 3 is 2.03 bits per heavy atom. The molecular formula is C25H25ClN2O4. The molecule has 0 aliphatic heterocycles. The second-order valence-corrected chi connectivity index (χ2v) is 7.58. The molecule has 0 aromatic heterocycles. The third-order valence-corrected chi connectivity index (χ3v) is 5.59. The number of rotatable bonds is 7. The normalized spacial score (nSPS) is 12.7. The monoisotopic (exact) mass is 452 g/mol. The molecule has 3 aromatic carbocycles. The second-order valence-electron chi connectivity index (χ2n) is 7.58. The van der Waals surface area contributed by atoms with Crippen LogP contribution in [0.1, 0.15) is 17.0 Å². The number of halogens is 1. The Balaban J connectivity index is 0.00000289. The lowest BCUT2D eigenvalue weighted by Crippen LogP contribution is -2.48. The lowest BCUT2D eigenvalue weighted by Gasteiger charge is -2.24. The highest BCUT2D eigenvalue weighted by atomic mass is 35.5. The van der Waals surface area contributed by atoms with Crippen LogP contribution in [0.2, 0.25) is 0 Å². The minimum atomic E-state index is -1.11. The summed E-state index contributed by atoms with van der Waals surface area (Å²) in [5, 5.41) is 12.0. The number of benzene rings is 3. The van der Waals surface area contributed by atoms with Gasteiger partial charge in [0.1, 0.15) is 12.6 Å². The zero-order valence-electron chi connectivity index (χ0n) is 17.6. The van der Waals surface area contributed by atoms with Crippen molar-refractivity contribution in [2.24, 2.45) is 0 Å². The van der Waals surface area contributed by atoms with Crippen molar-refractivity contribution in [3.63, 3.8) is 0 Å². The van der Waals surface area contributed by atoms with Crippen molar-refractivity contribution in [2.75, 3.05) is 25.1 Å². The number of fused-ring (bicyclic) bond motifs is 3. The minimum absolute atomic E-state index is 0. The number of anilines is 1. The molecule has 6 nitrogen and oxygen atoms in total. The van der Waals surface area contributed by atoms with Crippen LogP contribution in [-0.2, 0) is 9.53 Å². The van der Waals surface area contributed by atoms with Gasteiger partial charge >= 0.3 is 12.1 Å². The standard InChI is InChI=1S/C25H24N2O4.ClH/c1-27(17-9-3-2-4-10-17)15-23(24(28)29)26-25(30)31-16-22-20-13-7-5-11-18(20)19-12-6-8-14-21(19)22;/h2-14,22-23H,15-16H2,1H3,(H,26,30)(H,28,29);1H. The van der Waals surface area contributed by atoms with E-state index in [1.54, 1.807) is 11.9 Å². The summed E-state index contributed by atoms with van der Waals surface area (Å²) >= 11 is 0. The molecule has 0 radical (unpaired) electrons. The van der Waals surface area contributed by atoms with Crippen molar-refractivity contribution >= 4 is 30.2 Å². The van der Waals surface area contributed by atoms with Crippen LogP contribution < -0.4 is 10.2 Å². The van der Waals surface area contributed by atoms with Crippen molar-refractivity contribution in [1.82, 2.24) is 5.32 Å². The van der Waals surface area contributed by atoms with Crippen LogP contribution in [0.25, 0.3) is 11.1 Å². The highest BCUT2D eigenvalue weighted by Gasteiger charge is 2.30. The van der Waals surface area contributed by atoms with Crippen LogP contribution >= 0.6 is 12.4 Å². The van der Waals surface area contributed by atoms with Crippen molar-refractivity contribution in [2.45, 2.75) is 12.0 Å². The molecule has 0 fully saturated rings. The van der Waals surface area contributed by atoms with Gasteiger partial charge in [0.05, 0.1) is 0 Å². The number of hydrogen-bond donors (Lipinski definition) is 2. The molecule has 0 saturated carbocycles. The van der Waals surface area contributed by atoms with Gasteiger partial charge in [0, 0.05) is 25.2 Å². The predicted octanol–water partition coefficient (Wildman–Crippen LogP) is 4.54. The molecule has 0 spiro atoms. The molecule has 1 atom stereocenters. The summed E-state index contributed by atoms with van der Waals surface area (Å²) in [6, 6.07) is 24.4. The first-order chi connectivity index (χ1) is 15.0. The molecule has 166 valence electrons. The molecule has 0 bridgehead atoms. The maximum atomic E-state index is 12.4. The van der Waals surface area contributed by atoms with Crippen LogP contribution in [0.4, 0.5) is 10.5 Å². The van der Waals surface area contributed by atoms with E-state index < -0.39 is 18.1 Å². The van der Waals surface area contributed by atoms with Gasteiger partial charge in [-0.15, -0.1) is 12.4 Å². The molecule has 32 heavy (non-hydrogen) atoms. The highest BCUT2D eigenvalue weighted by molar-refractivity contribution is 5.85. The Morgan fingerprint density at radius 2 is 1.47 bits per heavy atom. The SMILES string of the molecule is CN(CC(NC(=O)OCC1c2ccccc2-c2ccccc21)C(=O)O)c1ccccc1.Cl. The number of likely N-dealkylation sites (N-methyl/N-ethyl adjacent to an activating group) is 1. The summed E-state index contributed by atoms with van der Waals surface area (Å²) in [4.78, 5) is 25.9. The van der Waals surface area contributed by atoms with Crippen LogP contribution in [0.3, 0.4) is 0 Å². The quantitative estimate of drug-likeness (QED) is 0.550. The van der Waals surface area contributed by atoms with Gasteiger partial charge in [0.2, 0.25) is 0 Å². The van der Waals surface area contributed by atoms with Gasteiger partial charge in [-0.3, -0.25) is 0 Å². The minimum Gasteiger partial charge on any atom is -0.480 e. The summed E-state index contributed by atoms with van der Waals surface area (Å²) in [6.45, 7) is 0.254. The number of carboxylic acid groups (broad SMARTS) is 1. The van der Waals surface area contributed by atoms with Crippen LogP contribution in [0, 0.1) is 0 Å². The number of carbonyl (C=O) groups is 2. The topological polar surface area (TPSA) is 78.9 Å². The zero-order chi connectivity index (χ0) is 21.8. The number of carboxylic acids is 1. The maximum Gasteiger partial charge on any atom is 0.407 e. The summed E-state index contributed by atoms with van der Waals surface area (Å²) < 4.78 is 5.48. The number of amides is 1. The van der Waals surface area contributed by atoms with E-state index in [1.807, 2.05) is 66.7 Å². The van der Waals surface area contributed by atoms with Crippen LogP contribution in [-0.4, -0.2) is 43.4 Å². The van der Waals surface area contributed by atoms with Gasteiger partial charge in [-0.2, -0.15) is 0 Å². The molecule has 1 amide bonds. The zero-order valence-corrected chi connectivity index (χ0v) is 18.4. The number of aliphatic carboxylic acids is 1. The van der Waals surface area contributed by atoms with E-state index in [0.717, 1.165) is 27.9 Å². The van der Waals surface area contributed by atoms with Gasteiger partial charge in [-0.05, 0) is 34.4 Å². The van der Waals surface area contributed by atoms with Gasteiger partial charge in [-0.25, -0.2) is 9.59 Å². The van der Waals surface area contributed by atoms with Gasteiger partial charge in [0.15, 0.2) is 0 Å². The lowest BCUT2D eigenvalue weighted by atomic mass is 9.98. The summed E-state index contributed by atoms with van der Waals surface area (Å²) in [5.74, 6) is -1.19. The number of para-hydroxylation sites is 1. The molecule has 1 aliphatic carbocycles. The predicted molar refractivity (Wildman–Crippen MR) is 127 cm³/mol. The first-order valence-corrected chi connectivity index (χ1v) is 10.1. The van der Waals surface area contributed by atoms with Crippen molar-refractivity contribution in [3.8, 4) is 11.1 Å². The molecule has 1 aliphatic rings. The van der Waals surface area contributed by atoms with Crippen molar-refractivity contribution in [3.05, 3.63) is 90.0 Å². The summed E-state index contributed by atoms with van der Waals surface area (Å²) in [5.41, 5.74) is 5.35. The highest BCUT2D eigenvalue weighted by Crippen LogP contribution is 2.44. The van der Waals surface area contributed by atoms with E-state index in [-0.39, 0.29) is 31.5 Å². The molecular weight excluding hydrogens is 428 g/mol. The molecule has 7 heteroatoms. The van der Waals surface area contributed by atoms with E-state index in [0.29, 0.717) is 0 Å². The van der Waals surface area contributed by atoms with Gasteiger partial charge in [0.25, 0.3) is 0 Å². The Labute approximate surface area is 193 Å². The Bertz CT molecular complexity index is 1040. The Kier molecular flexibility index (Phi) is 7.38. The van der Waals surface area contributed by atoms with Crippen molar-refractivity contribution < 1.29 is 19.4 Å². The fraction of sp³-hybridized carbons (Fsp3) is 0.200. The maximum absolute atomic E-state index is 12.4. The summed E-state index contributed by atoms with van der Waals surface area (Å²) in [6.07, 6.45) is -0.740. The van der Waals surface area contributed by atoms with Crippen LogP contribution in [0.15, 0.2) is 78.9 Å². The third-order valence-electron chi connectivity index (χ3n) is 5.59. The Morgan fingerprint density at radius 1 is 0.938 bits per heavy atom. The first kappa shape index (κ1) is 23.2. The largest absolute Gasteiger partial charge is 0.480 e. The number of ether oxygens (including phenoxy) is 1. The average Bonchev–Trinajstić information content (AvgIpc) is 3.11.